The van der Waals surface area contributed by atoms with Gasteiger partial charge in [0.2, 0.25) is 0 Å². The van der Waals surface area contributed by atoms with Crippen LogP contribution in [-0.4, -0.2) is 32.2 Å². The average molecular weight is 222 g/mol. The average Bonchev–Trinajstić information content (AvgIpc) is 2.21. The second-order valence-corrected chi connectivity index (χ2v) is 4.22. The van der Waals surface area contributed by atoms with Gasteiger partial charge in [0.1, 0.15) is 0 Å². The van der Waals surface area contributed by atoms with Crippen molar-refractivity contribution >= 4 is 11.6 Å². The first kappa shape index (κ1) is 14.2. The fraction of sp³-hybridized carbons (Fsp3) is 1.00. The Morgan fingerprint density at radius 1 is 1.36 bits per heavy atom. The topological polar surface area (TPSA) is 21.3 Å². The van der Waals surface area contributed by atoms with Crippen molar-refractivity contribution < 1.29 is 4.74 Å². The van der Waals surface area contributed by atoms with Crippen LogP contribution in [0.3, 0.4) is 0 Å². The molecule has 14 heavy (non-hydrogen) atoms. The van der Waals surface area contributed by atoms with E-state index in [-0.39, 0.29) is 0 Å². The molecule has 2 unspecified atom stereocenters. The third kappa shape index (κ3) is 7.60. The third-order valence-corrected chi connectivity index (χ3v) is 2.82. The molecule has 0 aromatic heterocycles. The maximum atomic E-state index is 5.73. The molecule has 2 atom stereocenters. The Bertz CT molecular complexity index is 122. The summed E-state index contributed by atoms with van der Waals surface area (Å²) in [5.74, 6) is 1.49. The molecule has 0 saturated heterocycles. The van der Waals surface area contributed by atoms with Gasteiger partial charge in [-0.05, 0) is 32.2 Å². The van der Waals surface area contributed by atoms with Gasteiger partial charge in [0.05, 0.1) is 0 Å². The summed E-state index contributed by atoms with van der Waals surface area (Å²) in [6, 6.07) is 0.541. The number of alkyl halides is 1. The predicted molar refractivity (Wildman–Crippen MR) is 63.1 cm³/mol. The van der Waals surface area contributed by atoms with Crippen LogP contribution in [0.15, 0.2) is 0 Å². The van der Waals surface area contributed by atoms with Gasteiger partial charge in [-0.3, -0.25) is 0 Å². The number of hydrogen-bond donors (Lipinski definition) is 1. The molecule has 1 N–H and O–H groups in total. The zero-order valence-electron chi connectivity index (χ0n) is 9.68. The lowest BCUT2D eigenvalue weighted by molar-refractivity contribution is 0.183. The standard InChI is InChI=1S/C11H24ClNO/c1-4-11(5-7-12)9-13-10(2)6-8-14-3/h10-11,13H,4-9H2,1-3H3. The van der Waals surface area contributed by atoms with Crippen LogP contribution in [0.25, 0.3) is 0 Å². The molecule has 86 valence electrons. The van der Waals surface area contributed by atoms with Crippen molar-refractivity contribution in [1.82, 2.24) is 5.32 Å². The molecule has 0 fully saturated rings. The lowest BCUT2D eigenvalue weighted by Crippen LogP contribution is -2.32. The molecule has 0 aliphatic rings. The fourth-order valence-electron chi connectivity index (χ4n) is 1.37. The van der Waals surface area contributed by atoms with Crippen molar-refractivity contribution in [1.29, 1.82) is 0 Å². The van der Waals surface area contributed by atoms with Crippen molar-refractivity contribution in [3.63, 3.8) is 0 Å². The molecule has 0 spiro atoms. The Balaban J connectivity index is 3.46. The lowest BCUT2D eigenvalue weighted by Gasteiger charge is -2.18. The summed E-state index contributed by atoms with van der Waals surface area (Å²) in [6.45, 7) is 6.33. The monoisotopic (exact) mass is 221 g/mol. The van der Waals surface area contributed by atoms with Gasteiger partial charge in [0.25, 0.3) is 0 Å². The van der Waals surface area contributed by atoms with Gasteiger partial charge in [-0.25, -0.2) is 0 Å². The van der Waals surface area contributed by atoms with Crippen LogP contribution in [0.4, 0.5) is 0 Å². The van der Waals surface area contributed by atoms with Gasteiger partial charge in [0, 0.05) is 25.6 Å². The van der Waals surface area contributed by atoms with E-state index < -0.39 is 0 Å². The maximum Gasteiger partial charge on any atom is 0.0476 e. The van der Waals surface area contributed by atoms with Gasteiger partial charge in [-0.2, -0.15) is 0 Å². The molecule has 0 aromatic rings. The van der Waals surface area contributed by atoms with E-state index in [0.717, 1.165) is 37.8 Å². The number of nitrogens with one attached hydrogen (secondary N) is 1. The first-order chi connectivity index (χ1) is 6.74. The molecular formula is C11H24ClNO. The Morgan fingerprint density at radius 2 is 2.07 bits per heavy atom. The maximum absolute atomic E-state index is 5.73. The zero-order valence-corrected chi connectivity index (χ0v) is 10.4. The normalized spacial score (nSPS) is 15.4. The molecule has 0 rings (SSSR count). The highest BCUT2D eigenvalue weighted by atomic mass is 35.5. The summed E-state index contributed by atoms with van der Waals surface area (Å²) >= 11 is 5.73. The van der Waals surface area contributed by atoms with Crippen molar-refractivity contribution in [2.24, 2.45) is 5.92 Å². The Morgan fingerprint density at radius 3 is 2.57 bits per heavy atom. The van der Waals surface area contributed by atoms with Crippen LogP contribution in [0.1, 0.15) is 33.1 Å². The molecule has 0 saturated carbocycles. The summed E-state index contributed by atoms with van der Waals surface area (Å²) in [7, 11) is 1.75. The number of rotatable bonds is 9. The highest BCUT2D eigenvalue weighted by molar-refractivity contribution is 6.17. The minimum Gasteiger partial charge on any atom is -0.385 e. The van der Waals surface area contributed by atoms with Crippen molar-refractivity contribution in [2.45, 2.75) is 39.2 Å². The van der Waals surface area contributed by atoms with Crippen molar-refractivity contribution in [3.8, 4) is 0 Å². The molecular weight excluding hydrogens is 198 g/mol. The second-order valence-electron chi connectivity index (χ2n) is 3.84. The molecule has 0 aliphatic heterocycles. The van der Waals surface area contributed by atoms with E-state index in [4.69, 9.17) is 16.3 Å². The van der Waals surface area contributed by atoms with E-state index in [1.165, 1.54) is 6.42 Å². The van der Waals surface area contributed by atoms with E-state index >= 15 is 0 Å². The number of ether oxygens (including phenoxy) is 1. The number of halogens is 1. The summed E-state index contributed by atoms with van der Waals surface area (Å²) in [5, 5.41) is 3.51. The van der Waals surface area contributed by atoms with Crippen LogP contribution in [0.2, 0.25) is 0 Å². The van der Waals surface area contributed by atoms with E-state index in [9.17, 15) is 0 Å². The van der Waals surface area contributed by atoms with E-state index in [0.29, 0.717) is 6.04 Å². The quantitative estimate of drug-likeness (QED) is 0.605. The highest BCUT2D eigenvalue weighted by Gasteiger charge is 2.07. The van der Waals surface area contributed by atoms with Gasteiger partial charge in [-0.15, -0.1) is 11.6 Å². The molecule has 0 radical (unpaired) electrons. The van der Waals surface area contributed by atoms with Crippen LogP contribution >= 0.6 is 11.6 Å². The number of methoxy groups -OCH3 is 1. The highest BCUT2D eigenvalue weighted by Crippen LogP contribution is 2.08. The first-order valence-electron chi connectivity index (χ1n) is 5.52. The van der Waals surface area contributed by atoms with Crippen molar-refractivity contribution in [3.05, 3.63) is 0 Å². The largest absolute Gasteiger partial charge is 0.385 e. The van der Waals surface area contributed by atoms with E-state index in [1.54, 1.807) is 7.11 Å². The summed E-state index contributed by atoms with van der Waals surface area (Å²) in [5.41, 5.74) is 0. The van der Waals surface area contributed by atoms with Gasteiger partial charge < -0.3 is 10.1 Å². The Kier molecular flexibility index (Phi) is 9.90. The SMILES string of the molecule is CCC(CCCl)CNC(C)CCOC. The molecule has 0 aliphatic carbocycles. The molecule has 3 heteroatoms. The van der Waals surface area contributed by atoms with Crippen LogP contribution in [0, 0.1) is 5.92 Å². The van der Waals surface area contributed by atoms with Crippen LogP contribution in [-0.2, 0) is 4.74 Å². The second kappa shape index (κ2) is 9.75. The zero-order chi connectivity index (χ0) is 10.8. The summed E-state index contributed by atoms with van der Waals surface area (Å²) in [4.78, 5) is 0. The Labute approximate surface area is 93.4 Å². The summed E-state index contributed by atoms with van der Waals surface area (Å²) < 4.78 is 5.03. The van der Waals surface area contributed by atoms with E-state index in [1.807, 2.05) is 0 Å². The minimum atomic E-state index is 0.541. The van der Waals surface area contributed by atoms with Gasteiger partial charge in [0.15, 0.2) is 0 Å². The summed E-state index contributed by atoms with van der Waals surface area (Å²) in [6.07, 6.45) is 3.40. The smallest absolute Gasteiger partial charge is 0.0476 e. The van der Waals surface area contributed by atoms with Crippen molar-refractivity contribution in [2.75, 3.05) is 26.1 Å². The molecule has 0 bridgehead atoms. The van der Waals surface area contributed by atoms with Gasteiger partial charge >= 0.3 is 0 Å². The predicted octanol–water partition coefficient (Wildman–Crippen LogP) is 2.66. The third-order valence-electron chi connectivity index (χ3n) is 2.60. The fourth-order valence-corrected chi connectivity index (χ4v) is 1.68. The molecule has 0 amide bonds. The number of hydrogen-bond acceptors (Lipinski definition) is 2. The lowest BCUT2D eigenvalue weighted by atomic mass is 10.0. The molecule has 0 aromatic carbocycles. The molecule has 0 heterocycles. The van der Waals surface area contributed by atoms with Crippen LogP contribution < -0.4 is 5.32 Å². The first-order valence-corrected chi connectivity index (χ1v) is 6.06. The van der Waals surface area contributed by atoms with Crippen LogP contribution in [0.5, 0.6) is 0 Å². The van der Waals surface area contributed by atoms with Gasteiger partial charge in [-0.1, -0.05) is 13.3 Å². The van der Waals surface area contributed by atoms with E-state index in [2.05, 4.69) is 19.2 Å². The Hall–Kier alpha value is 0.210. The molecule has 2 nitrogen and oxygen atoms in total. The minimum absolute atomic E-state index is 0.541.